The number of piperidine rings is 1. The summed E-state index contributed by atoms with van der Waals surface area (Å²) in [7, 11) is 1.62. The lowest BCUT2D eigenvalue weighted by Gasteiger charge is -2.47. The van der Waals surface area contributed by atoms with Crippen molar-refractivity contribution in [2.75, 3.05) is 30.8 Å². The lowest BCUT2D eigenvalue weighted by molar-refractivity contribution is 0.0694. The summed E-state index contributed by atoms with van der Waals surface area (Å²) in [5, 5.41) is 7.15. The van der Waals surface area contributed by atoms with Crippen LogP contribution in [0.5, 0.6) is 5.75 Å². The molecule has 5 rings (SSSR count). The van der Waals surface area contributed by atoms with Gasteiger partial charge in [0.25, 0.3) is 5.91 Å². The van der Waals surface area contributed by atoms with Gasteiger partial charge in [0.05, 0.1) is 25.9 Å². The number of amidine groups is 1. The fourth-order valence-corrected chi connectivity index (χ4v) is 4.54. The number of pyridine rings is 1. The van der Waals surface area contributed by atoms with E-state index in [9.17, 15) is 4.79 Å². The second-order valence-corrected chi connectivity index (χ2v) is 8.44. The highest BCUT2D eigenvalue weighted by Crippen LogP contribution is 2.35. The van der Waals surface area contributed by atoms with E-state index in [1.807, 2.05) is 59.5 Å². The van der Waals surface area contributed by atoms with Gasteiger partial charge in [-0.05, 0) is 54.8 Å². The van der Waals surface area contributed by atoms with Gasteiger partial charge in [-0.25, -0.2) is 4.98 Å². The number of carbonyl (C=O) groups is 1. The number of fused-ring (bicyclic) bond motifs is 1. The fraction of sp³-hybridized carbons (Fsp3) is 0.269. The zero-order chi connectivity index (χ0) is 22.7. The highest BCUT2D eigenvalue weighted by atomic mass is 16.5. The smallest absolute Gasteiger partial charge is 0.253 e. The Labute approximate surface area is 193 Å². The Bertz CT molecular complexity index is 1160. The summed E-state index contributed by atoms with van der Waals surface area (Å²) < 4.78 is 5.23. The average molecular weight is 442 g/mol. The van der Waals surface area contributed by atoms with E-state index in [-0.39, 0.29) is 5.91 Å². The monoisotopic (exact) mass is 441 g/mol. The number of likely N-dealkylation sites (tertiary alicyclic amines) is 1. The molecule has 0 bridgehead atoms. The first-order valence-corrected chi connectivity index (χ1v) is 11.2. The van der Waals surface area contributed by atoms with Crippen LogP contribution >= 0.6 is 0 Å². The summed E-state index contributed by atoms with van der Waals surface area (Å²) in [5.74, 6) is 2.33. The third-order valence-corrected chi connectivity index (χ3v) is 6.25. The molecule has 2 aromatic carbocycles. The number of nitrogens with one attached hydrogen (secondary N) is 2. The van der Waals surface area contributed by atoms with Gasteiger partial charge >= 0.3 is 0 Å². The normalized spacial score (nSPS) is 20.6. The predicted molar refractivity (Wildman–Crippen MR) is 130 cm³/mol. The van der Waals surface area contributed by atoms with Crippen molar-refractivity contribution in [2.24, 2.45) is 4.99 Å². The van der Waals surface area contributed by atoms with Crippen molar-refractivity contribution < 1.29 is 9.53 Å². The minimum atomic E-state index is -0.495. The largest absolute Gasteiger partial charge is 0.497 e. The van der Waals surface area contributed by atoms with Crippen molar-refractivity contribution in [1.82, 2.24) is 9.88 Å². The van der Waals surface area contributed by atoms with Gasteiger partial charge in [0.15, 0.2) is 5.82 Å². The van der Waals surface area contributed by atoms with E-state index >= 15 is 0 Å². The van der Waals surface area contributed by atoms with Gasteiger partial charge in [-0.2, -0.15) is 0 Å². The Kier molecular flexibility index (Phi) is 5.69. The van der Waals surface area contributed by atoms with Gasteiger partial charge in [-0.15, -0.1) is 0 Å². The zero-order valence-corrected chi connectivity index (χ0v) is 18.6. The van der Waals surface area contributed by atoms with Crippen molar-refractivity contribution in [3.05, 3.63) is 84.1 Å². The van der Waals surface area contributed by atoms with Crippen molar-refractivity contribution in [2.45, 2.75) is 24.9 Å². The van der Waals surface area contributed by atoms with Crippen LogP contribution in [0.25, 0.3) is 0 Å². The molecule has 33 heavy (non-hydrogen) atoms. The number of amides is 1. The molecule has 1 saturated heterocycles. The summed E-state index contributed by atoms with van der Waals surface area (Å²) in [6.45, 7) is 1.79. The van der Waals surface area contributed by atoms with Crippen LogP contribution in [0.4, 0.5) is 11.5 Å². The predicted octanol–water partition coefficient (Wildman–Crippen LogP) is 4.20. The summed E-state index contributed by atoms with van der Waals surface area (Å²) in [6.07, 6.45) is 3.51. The number of hydrogen-bond donors (Lipinski definition) is 2. The number of ether oxygens (including phenoxy) is 1. The van der Waals surface area contributed by atoms with Crippen LogP contribution in [0, 0.1) is 0 Å². The Morgan fingerprint density at radius 3 is 2.73 bits per heavy atom. The van der Waals surface area contributed by atoms with E-state index in [2.05, 4.69) is 27.8 Å². The Morgan fingerprint density at radius 2 is 1.94 bits per heavy atom. The number of methoxy groups -OCH3 is 1. The van der Waals surface area contributed by atoms with Gasteiger partial charge in [0.1, 0.15) is 17.1 Å². The molecule has 2 aliphatic rings. The Balaban J connectivity index is 1.45. The van der Waals surface area contributed by atoms with Crippen molar-refractivity contribution in [3.8, 4) is 5.75 Å². The molecule has 1 atom stereocenters. The molecule has 7 nitrogen and oxygen atoms in total. The topological polar surface area (TPSA) is 78.8 Å². The number of carbonyl (C=O) groups excluding carboxylic acids is 1. The van der Waals surface area contributed by atoms with E-state index in [0.717, 1.165) is 41.5 Å². The van der Waals surface area contributed by atoms with Gasteiger partial charge in [0.2, 0.25) is 0 Å². The van der Waals surface area contributed by atoms with E-state index < -0.39 is 5.54 Å². The number of anilines is 2. The van der Waals surface area contributed by atoms with Crippen molar-refractivity contribution >= 4 is 23.2 Å². The van der Waals surface area contributed by atoms with Gasteiger partial charge in [-0.3, -0.25) is 9.79 Å². The van der Waals surface area contributed by atoms with E-state index in [0.29, 0.717) is 25.2 Å². The van der Waals surface area contributed by atoms with Crippen LogP contribution in [0.3, 0.4) is 0 Å². The number of aromatic nitrogens is 1. The zero-order valence-electron chi connectivity index (χ0n) is 18.6. The molecular formula is C26H27N5O2. The first-order valence-electron chi connectivity index (χ1n) is 11.2. The summed E-state index contributed by atoms with van der Waals surface area (Å²) in [4.78, 5) is 24.7. The molecule has 1 amide bonds. The minimum absolute atomic E-state index is 0.0120. The van der Waals surface area contributed by atoms with Crippen LogP contribution in [0.15, 0.2) is 77.9 Å². The van der Waals surface area contributed by atoms with Gasteiger partial charge in [-0.1, -0.05) is 30.3 Å². The molecule has 1 aromatic heterocycles. The SMILES string of the molecule is COc1ccc(C(=O)N2CCC[C@@]3(C2)Nc2cccnc2NC3=NCc2ccccc2)cc1. The molecule has 3 aromatic rings. The highest BCUT2D eigenvalue weighted by molar-refractivity contribution is 6.09. The molecule has 0 radical (unpaired) electrons. The molecule has 2 N–H and O–H groups in total. The number of aliphatic imine (C=N–C) groups is 1. The summed E-state index contributed by atoms with van der Waals surface area (Å²) in [5.41, 5.74) is 2.22. The molecule has 7 heteroatoms. The quantitative estimate of drug-likeness (QED) is 0.634. The lowest BCUT2D eigenvalue weighted by atomic mass is 9.85. The molecule has 2 aliphatic heterocycles. The summed E-state index contributed by atoms with van der Waals surface area (Å²) in [6, 6.07) is 21.4. The van der Waals surface area contributed by atoms with E-state index in [1.165, 1.54) is 0 Å². The second kappa shape index (κ2) is 8.94. The number of nitrogens with zero attached hydrogens (tertiary/aromatic N) is 3. The summed E-state index contributed by atoms with van der Waals surface area (Å²) >= 11 is 0. The maximum absolute atomic E-state index is 13.3. The Morgan fingerprint density at radius 1 is 1.12 bits per heavy atom. The molecule has 1 spiro atoms. The molecule has 0 saturated carbocycles. The van der Waals surface area contributed by atoms with Gasteiger partial charge < -0.3 is 20.3 Å². The molecule has 3 heterocycles. The fourth-order valence-electron chi connectivity index (χ4n) is 4.54. The highest BCUT2D eigenvalue weighted by Gasteiger charge is 2.45. The third kappa shape index (κ3) is 4.26. The third-order valence-electron chi connectivity index (χ3n) is 6.25. The minimum Gasteiger partial charge on any atom is -0.497 e. The Hall–Kier alpha value is -3.87. The second-order valence-electron chi connectivity index (χ2n) is 8.44. The maximum atomic E-state index is 13.3. The molecule has 168 valence electrons. The molecule has 0 aliphatic carbocycles. The molecule has 1 fully saturated rings. The first-order chi connectivity index (χ1) is 16.2. The lowest BCUT2D eigenvalue weighted by Crippen LogP contribution is -2.62. The van der Waals surface area contributed by atoms with Gasteiger partial charge in [0, 0.05) is 18.3 Å². The average Bonchev–Trinajstić information content (AvgIpc) is 2.88. The van der Waals surface area contributed by atoms with Crippen LogP contribution in [-0.2, 0) is 6.54 Å². The van der Waals surface area contributed by atoms with E-state index in [1.54, 1.807) is 13.3 Å². The van der Waals surface area contributed by atoms with Crippen LogP contribution in [0.2, 0.25) is 0 Å². The van der Waals surface area contributed by atoms with Crippen LogP contribution in [0.1, 0.15) is 28.8 Å². The van der Waals surface area contributed by atoms with Crippen LogP contribution < -0.4 is 15.4 Å². The molecular weight excluding hydrogens is 414 g/mol. The van der Waals surface area contributed by atoms with Crippen LogP contribution in [-0.4, -0.2) is 47.4 Å². The number of benzene rings is 2. The maximum Gasteiger partial charge on any atom is 0.253 e. The first kappa shape index (κ1) is 21.0. The van der Waals surface area contributed by atoms with Crippen molar-refractivity contribution in [3.63, 3.8) is 0 Å². The molecule has 0 unspecified atom stereocenters. The number of hydrogen-bond acceptors (Lipinski definition) is 5. The number of rotatable bonds is 4. The van der Waals surface area contributed by atoms with E-state index in [4.69, 9.17) is 9.73 Å². The van der Waals surface area contributed by atoms with Crippen molar-refractivity contribution in [1.29, 1.82) is 0 Å². The standard InChI is InChI=1S/C26H27N5O2/c1-33-21-12-10-20(11-13-21)24(32)31-16-6-14-26(18-31)25(28-17-19-7-3-2-4-8-19)29-23-22(30-26)9-5-15-27-23/h2-5,7-13,15,30H,6,14,16-18H2,1H3,(H,27,28,29)/t26-/m0/s1.